The number of hydrogen-bond donors (Lipinski definition) is 2. The SMILES string of the molecule is C[C@@H](N=C1N=CNN2C1=C[C@@]1(C)C2=CCN1C(=O)OC(C)(C)C)c1cc(N)cc(C(F)(F)F)c1. The summed E-state index contributed by atoms with van der Waals surface area (Å²) in [4.78, 5) is 23.3. The van der Waals surface area contributed by atoms with Gasteiger partial charge in [-0.05, 0) is 70.5 Å². The van der Waals surface area contributed by atoms with Crippen molar-refractivity contribution >= 4 is 24.0 Å². The molecule has 3 aliphatic heterocycles. The number of aliphatic imine (C=N–C) groups is 2. The Morgan fingerprint density at radius 1 is 1.29 bits per heavy atom. The summed E-state index contributed by atoms with van der Waals surface area (Å²) < 4.78 is 45.3. The van der Waals surface area contributed by atoms with Crippen LogP contribution < -0.4 is 11.2 Å². The maximum absolute atomic E-state index is 13.2. The molecule has 0 radical (unpaired) electrons. The first kappa shape index (κ1) is 23.7. The third-order valence-electron chi connectivity index (χ3n) is 5.77. The molecule has 1 aromatic rings. The summed E-state index contributed by atoms with van der Waals surface area (Å²) in [6.07, 6.45) is 0.245. The van der Waals surface area contributed by atoms with E-state index in [2.05, 4.69) is 15.4 Å². The highest BCUT2D eigenvalue weighted by Gasteiger charge is 2.51. The normalized spacial score (nSPS) is 23.8. The summed E-state index contributed by atoms with van der Waals surface area (Å²) in [7, 11) is 0. The third kappa shape index (κ3) is 4.22. The summed E-state index contributed by atoms with van der Waals surface area (Å²) in [6.45, 7) is 9.33. The second kappa shape index (κ2) is 7.78. The minimum Gasteiger partial charge on any atom is -0.444 e. The molecule has 4 rings (SSSR count). The molecule has 34 heavy (non-hydrogen) atoms. The molecule has 0 aromatic heterocycles. The molecule has 3 heterocycles. The molecule has 8 nitrogen and oxygen atoms in total. The molecule has 3 aliphatic rings. The van der Waals surface area contributed by atoms with Gasteiger partial charge in [-0.25, -0.2) is 9.79 Å². The Hall–Kier alpha value is -3.50. The highest BCUT2D eigenvalue weighted by atomic mass is 19.4. The van der Waals surface area contributed by atoms with Gasteiger partial charge < -0.3 is 10.5 Å². The van der Waals surface area contributed by atoms with Gasteiger partial charge in [0.25, 0.3) is 0 Å². The lowest BCUT2D eigenvalue weighted by Gasteiger charge is -2.35. The quantitative estimate of drug-likeness (QED) is 0.618. The lowest BCUT2D eigenvalue weighted by molar-refractivity contribution is -0.137. The standard InChI is InChI=1S/C23H27F3N6O2/c1-13(14-8-15(23(24,25)26)10-16(27)9-14)30-19-17-11-22(5)18(32(17)29-12-28-19)6-7-31(22)20(33)34-21(2,3)4/h6,8-13H,7,27H2,1-5H3,(H,28,29,30)/t13-,22+/m1/s1. The Morgan fingerprint density at radius 2 is 2.00 bits per heavy atom. The van der Waals surface area contributed by atoms with E-state index < -0.39 is 35.0 Å². The molecule has 182 valence electrons. The van der Waals surface area contributed by atoms with Crippen LogP contribution in [0.1, 0.15) is 51.8 Å². The molecule has 0 saturated carbocycles. The molecule has 1 aromatic carbocycles. The molecule has 0 spiro atoms. The van der Waals surface area contributed by atoms with E-state index in [1.165, 1.54) is 12.4 Å². The number of nitrogens with one attached hydrogen (secondary N) is 1. The second-order valence-corrected chi connectivity index (χ2v) is 9.59. The van der Waals surface area contributed by atoms with Crippen molar-refractivity contribution in [3.8, 4) is 0 Å². The van der Waals surface area contributed by atoms with Crippen molar-refractivity contribution in [3.05, 3.63) is 52.9 Å². The van der Waals surface area contributed by atoms with Gasteiger partial charge in [-0.2, -0.15) is 13.2 Å². The number of benzene rings is 1. The van der Waals surface area contributed by atoms with Crippen LogP contribution in [0, 0.1) is 0 Å². The fourth-order valence-corrected chi connectivity index (χ4v) is 4.18. The van der Waals surface area contributed by atoms with Crippen molar-refractivity contribution in [1.82, 2.24) is 15.3 Å². The van der Waals surface area contributed by atoms with Crippen molar-refractivity contribution in [1.29, 1.82) is 0 Å². The van der Waals surface area contributed by atoms with E-state index >= 15 is 0 Å². The van der Waals surface area contributed by atoms with Crippen LogP contribution >= 0.6 is 0 Å². The summed E-state index contributed by atoms with van der Waals surface area (Å²) >= 11 is 0. The van der Waals surface area contributed by atoms with Crippen LogP contribution in [0.4, 0.5) is 23.7 Å². The predicted octanol–water partition coefficient (Wildman–Crippen LogP) is 4.39. The zero-order chi connectivity index (χ0) is 25.1. The van der Waals surface area contributed by atoms with Crippen LogP contribution in [0.15, 0.2) is 51.7 Å². The number of nitrogens with zero attached hydrogens (tertiary/aromatic N) is 4. The number of hydrazine groups is 1. The molecule has 0 fully saturated rings. The summed E-state index contributed by atoms with van der Waals surface area (Å²) in [5.41, 5.74) is 8.21. The average molecular weight is 477 g/mol. The van der Waals surface area contributed by atoms with E-state index in [0.717, 1.165) is 17.8 Å². The van der Waals surface area contributed by atoms with Gasteiger partial charge in [-0.1, -0.05) is 0 Å². The summed E-state index contributed by atoms with van der Waals surface area (Å²) in [5, 5.41) is 1.77. The van der Waals surface area contributed by atoms with Crippen LogP contribution in [0.5, 0.6) is 0 Å². The number of amidine groups is 1. The number of ether oxygens (including phenoxy) is 1. The van der Waals surface area contributed by atoms with E-state index in [1.54, 1.807) is 37.6 Å². The molecular weight excluding hydrogens is 449 g/mol. The van der Waals surface area contributed by atoms with Gasteiger partial charge >= 0.3 is 12.3 Å². The van der Waals surface area contributed by atoms with Crippen molar-refractivity contribution in [2.24, 2.45) is 9.98 Å². The Bertz CT molecular complexity index is 1150. The van der Waals surface area contributed by atoms with E-state index in [1.807, 2.05) is 19.1 Å². The zero-order valence-corrected chi connectivity index (χ0v) is 19.6. The van der Waals surface area contributed by atoms with Gasteiger partial charge in [0.15, 0.2) is 5.84 Å². The molecule has 0 aliphatic carbocycles. The first-order valence-corrected chi connectivity index (χ1v) is 10.8. The number of nitrogens with two attached hydrogens (primary N) is 1. The van der Waals surface area contributed by atoms with Crippen molar-refractivity contribution in [2.75, 3.05) is 12.3 Å². The lowest BCUT2D eigenvalue weighted by Crippen LogP contribution is -2.49. The molecule has 3 N–H and O–H groups in total. The third-order valence-corrected chi connectivity index (χ3v) is 5.77. The number of alkyl halides is 3. The van der Waals surface area contributed by atoms with Crippen molar-refractivity contribution in [3.63, 3.8) is 0 Å². The Morgan fingerprint density at radius 3 is 2.65 bits per heavy atom. The number of fused-ring (bicyclic) bond motifs is 3. The summed E-state index contributed by atoms with van der Waals surface area (Å²) in [5.74, 6) is 0.322. The van der Waals surface area contributed by atoms with Crippen LogP contribution in [-0.2, 0) is 10.9 Å². The minimum atomic E-state index is -4.52. The minimum absolute atomic E-state index is 0.00703. The van der Waals surface area contributed by atoms with Crippen LogP contribution in [0.25, 0.3) is 0 Å². The largest absolute Gasteiger partial charge is 0.444 e. The van der Waals surface area contributed by atoms with Crippen molar-refractivity contribution in [2.45, 2.75) is 58.0 Å². The van der Waals surface area contributed by atoms with Gasteiger partial charge in [0, 0.05) is 12.2 Å². The molecular formula is C23H27F3N6O2. The van der Waals surface area contributed by atoms with Gasteiger partial charge in [-0.15, -0.1) is 0 Å². The molecule has 0 bridgehead atoms. The number of halogens is 3. The first-order valence-electron chi connectivity index (χ1n) is 10.8. The van der Waals surface area contributed by atoms with E-state index in [4.69, 9.17) is 10.5 Å². The number of nitrogen functional groups attached to an aromatic ring is 1. The van der Waals surface area contributed by atoms with Gasteiger partial charge in [0.1, 0.15) is 23.2 Å². The van der Waals surface area contributed by atoms with Crippen LogP contribution in [0.3, 0.4) is 0 Å². The maximum Gasteiger partial charge on any atom is 0.416 e. The zero-order valence-electron chi connectivity index (χ0n) is 19.6. The Kier molecular flexibility index (Phi) is 5.41. The van der Waals surface area contributed by atoms with Crippen LogP contribution in [-0.4, -0.2) is 45.9 Å². The number of anilines is 1. The summed E-state index contributed by atoms with van der Waals surface area (Å²) in [6, 6.07) is 2.76. The molecule has 0 unspecified atom stereocenters. The van der Waals surface area contributed by atoms with Crippen LogP contribution in [0.2, 0.25) is 0 Å². The first-order chi connectivity index (χ1) is 15.7. The fraction of sp³-hybridized carbons (Fsp3) is 0.435. The highest BCUT2D eigenvalue weighted by molar-refractivity contribution is 6.05. The number of carbonyl (C=O) groups excluding carboxylic acids is 1. The lowest BCUT2D eigenvalue weighted by atomic mass is 10.0. The topological polar surface area (TPSA) is 95.5 Å². The Balaban J connectivity index is 1.66. The second-order valence-electron chi connectivity index (χ2n) is 9.59. The molecule has 0 saturated heterocycles. The molecule has 1 amide bonds. The van der Waals surface area contributed by atoms with E-state index in [9.17, 15) is 18.0 Å². The van der Waals surface area contributed by atoms with Crippen molar-refractivity contribution < 1.29 is 22.7 Å². The number of carbonyl (C=O) groups is 1. The highest BCUT2D eigenvalue weighted by Crippen LogP contribution is 2.43. The maximum atomic E-state index is 13.2. The smallest absolute Gasteiger partial charge is 0.416 e. The predicted molar refractivity (Wildman–Crippen MR) is 123 cm³/mol. The number of rotatable bonds is 2. The van der Waals surface area contributed by atoms with Gasteiger partial charge in [-0.3, -0.25) is 20.3 Å². The molecule has 2 atom stereocenters. The Labute approximate surface area is 195 Å². The van der Waals surface area contributed by atoms with E-state index in [-0.39, 0.29) is 5.69 Å². The van der Waals surface area contributed by atoms with E-state index in [0.29, 0.717) is 23.6 Å². The van der Waals surface area contributed by atoms with Gasteiger partial charge in [0.05, 0.1) is 17.3 Å². The number of hydrogen-bond acceptors (Lipinski definition) is 6. The molecule has 11 heteroatoms. The monoisotopic (exact) mass is 476 g/mol. The van der Waals surface area contributed by atoms with Gasteiger partial charge in [0.2, 0.25) is 0 Å². The fourth-order valence-electron chi connectivity index (χ4n) is 4.18. The average Bonchev–Trinajstić information content (AvgIpc) is 3.17. The number of amides is 1.